The van der Waals surface area contributed by atoms with Crippen LogP contribution in [0.3, 0.4) is 0 Å². The van der Waals surface area contributed by atoms with Crippen molar-refractivity contribution in [1.82, 2.24) is 5.32 Å². The van der Waals surface area contributed by atoms with E-state index in [1.165, 1.54) is 6.07 Å². The second-order valence-electron chi connectivity index (χ2n) is 4.68. The summed E-state index contributed by atoms with van der Waals surface area (Å²) < 4.78 is 31.6. The molecule has 0 aliphatic rings. The van der Waals surface area contributed by atoms with Crippen molar-refractivity contribution in [2.45, 2.75) is 26.8 Å². The van der Waals surface area contributed by atoms with Gasteiger partial charge in [-0.3, -0.25) is 0 Å². The van der Waals surface area contributed by atoms with Crippen molar-refractivity contribution in [3.8, 4) is 0 Å². The van der Waals surface area contributed by atoms with Gasteiger partial charge in [-0.1, -0.05) is 26.0 Å². The van der Waals surface area contributed by atoms with Crippen LogP contribution in [0.25, 0.3) is 0 Å². The summed E-state index contributed by atoms with van der Waals surface area (Å²) in [6, 6.07) is 4.20. The molecule has 102 valence electrons. The third-order valence-electron chi connectivity index (χ3n) is 2.61. The second kappa shape index (κ2) is 8.16. The maximum atomic E-state index is 13.3. The van der Waals surface area contributed by atoms with Gasteiger partial charge < -0.3 is 10.1 Å². The standard InChI is InChI=1S/C14H21F2NO/c1-11(2)6-8-18-9-7-17-10-12-4-3-5-13(15)14(12)16/h3-5,11,17H,6-10H2,1-2H3. The predicted molar refractivity (Wildman–Crippen MR) is 68.3 cm³/mol. The number of hydrogen-bond acceptors (Lipinski definition) is 2. The minimum Gasteiger partial charge on any atom is -0.380 e. The van der Waals surface area contributed by atoms with Gasteiger partial charge in [-0.25, -0.2) is 8.78 Å². The first-order valence-corrected chi connectivity index (χ1v) is 6.32. The lowest BCUT2D eigenvalue weighted by Gasteiger charge is -2.08. The normalized spacial score (nSPS) is 11.2. The Morgan fingerprint density at radius 2 is 2.00 bits per heavy atom. The molecule has 4 heteroatoms. The third kappa shape index (κ3) is 5.56. The average molecular weight is 257 g/mol. The Hall–Kier alpha value is -1.00. The van der Waals surface area contributed by atoms with Gasteiger partial charge >= 0.3 is 0 Å². The summed E-state index contributed by atoms with van der Waals surface area (Å²) in [5, 5.41) is 3.03. The number of halogens is 2. The molecule has 1 aromatic rings. The number of rotatable bonds is 8. The number of hydrogen-bond donors (Lipinski definition) is 1. The Morgan fingerprint density at radius 1 is 1.22 bits per heavy atom. The van der Waals surface area contributed by atoms with Crippen LogP contribution in [-0.2, 0) is 11.3 Å². The molecule has 0 bridgehead atoms. The maximum absolute atomic E-state index is 13.3. The van der Waals surface area contributed by atoms with Crippen molar-refractivity contribution in [2.24, 2.45) is 5.92 Å². The first-order valence-electron chi connectivity index (χ1n) is 6.32. The van der Waals surface area contributed by atoms with Crippen LogP contribution in [0.5, 0.6) is 0 Å². The van der Waals surface area contributed by atoms with E-state index in [4.69, 9.17) is 4.74 Å². The van der Waals surface area contributed by atoms with Crippen LogP contribution in [0, 0.1) is 17.6 Å². The molecule has 0 unspecified atom stereocenters. The minimum atomic E-state index is -0.803. The predicted octanol–water partition coefficient (Wildman–Crippen LogP) is 3.12. The lowest BCUT2D eigenvalue weighted by Crippen LogP contribution is -2.20. The first kappa shape index (κ1) is 15.1. The molecule has 0 aliphatic carbocycles. The molecule has 0 saturated heterocycles. The highest BCUT2D eigenvalue weighted by molar-refractivity contribution is 5.18. The van der Waals surface area contributed by atoms with E-state index in [2.05, 4.69) is 19.2 Å². The van der Waals surface area contributed by atoms with E-state index in [9.17, 15) is 8.78 Å². The fraction of sp³-hybridized carbons (Fsp3) is 0.571. The Labute approximate surface area is 107 Å². The van der Waals surface area contributed by atoms with Crippen LogP contribution in [0.4, 0.5) is 8.78 Å². The molecule has 0 fully saturated rings. The lowest BCUT2D eigenvalue weighted by molar-refractivity contribution is 0.125. The van der Waals surface area contributed by atoms with Gasteiger partial charge in [0.15, 0.2) is 11.6 Å². The number of nitrogens with one attached hydrogen (secondary N) is 1. The van der Waals surface area contributed by atoms with Crippen LogP contribution >= 0.6 is 0 Å². The van der Waals surface area contributed by atoms with Crippen molar-refractivity contribution in [2.75, 3.05) is 19.8 Å². The topological polar surface area (TPSA) is 21.3 Å². The van der Waals surface area contributed by atoms with E-state index >= 15 is 0 Å². The fourth-order valence-corrected chi connectivity index (χ4v) is 1.47. The van der Waals surface area contributed by atoms with Crippen molar-refractivity contribution in [1.29, 1.82) is 0 Å². The molecule has 1 rings (SSSR count). The summed E-state index contributed by atoms with van der Waals surface area (Å²) in [6.45, 7) is 6.57. The van der Waals surface area contributed by atoms with Gasteiger partial charge in [-0.15, -0.1) is 0 Å². The zero-order valence-corrected chi connectivity index (χ0v) is 11.0. The summed E-state index contributed by atoms with van der Waals surface area (Å²) in [5.41, 5.74) is 0.345. The summed E-state index contributed by atoms with van der Waals surface area (Å²) in [5.74, 6) is -0.937. The van der Waals surface area contributed by atoms with Crippen molar-refractivity contribution >= 4 is 0 Å². The average Bonchev–Trinajstić information content (AvgIpc) is 2.32. The fourth-order valence-electron chi connectivity index (χ4n) is 1.47. The van der Waals surface area contributed by atoms with E-state index in [-0.39, 0.29) is 0 Å². The smallest absolute Gasteiger partial charge is 0.163 e. The monoisotopic (exact) mass is 257 g/mol. The Bertz CT molecular complexity index is 356. The third-order valence-corrected chi connectivity index (χ3v) is 2.61. The van der Waals surface area contributed by atoms with E-state index < -0.39 is 11.6 Å². The second-order valence-corrected chi connectivity index (χ2v) is 4.68. The van der Waals surface area contributed by atoms with Gasteiger partial charge in [0.05, 0.1) is 6.61 Å². The highest BCUT2D eigenvalue weighted by Crippen LogP contribution is 2.10. The molecule has 1 aromatic carbocycles. The minimum absolute atomic E-state index is 0.317. The van der Waals surface area contributed by atoms with Gasteiger partial charge in [-0.2, -0.15) is 0 Å². The van der Waals surface area contributed by atoms with E-state index in [1.807, 2.05) is 0 Å². The van der Waals surface area contributed by atoms with Gasteiger partial charge in [0.25, 0.3) is 0 Å². The molecule has 0 radical (unpaired) electrons. The van der Waals surface area contributed by atoms with Crippen LogP contribution in [0.2, 0.25) is 0 Å². The van der Waals surface area contributed by atoms with Crippen molar-refractivity contribution in [3.05, 3.63) is 35.4 Å². The maximum Gasteiger partial charge on any atom is 0.163 e. The van der Waals surface area contributed by atoms with Gasteiger partial charge in [0.2, 0.25) is 0 Å². The Balaban J connectivity index is 2.13. The molecular formula is C14H21F2NO. The molecule has 0 aromatic heterocycles. The molecule has 0 atom stereocenters. The Morgan fingerprint density at radius 3 is 2.72 bits per heavy atom. The highest BCUT2D eigenvalue weighted by atomic mass is 19.2. The quantitative estimate of drug-likeness (QED) is 0.722. The first-order chi connectivity index (χ1) is 8.61. The molecule has 0 spiro atoms. The summed E-state index contributed by atoms with van der Waals surface area (Å²) in [4.78, 5) is 0. The molecule has 1 N–H and O–H groups in total. The van der Waals surface area contributed by atoms with Gasteiger partial charge in [-0.05, 0) is 18.4 Å². The van der Waals surface area contributed by atoms with Crippen LogP contribution < -0.4 is 5.32 Å². The zero-order chi connectivity index (χ0) is 13.4. The molecule has 2 nitrogen and oxygen atoms in total. The van der Waals surface area contributed by atoms with Crippen LogP contribution in [0.15, 0.2) is 18.2 Å². The SMILES string of the molecule is CC(C)CCOCCNCc1cccc(F)c1F. The largest absolute Gasteiger partial charge is 0.380 e. The van der Waals surface area contributed by atoms with Crippen LogP contribution in [0.1, 0.15) is 25.8 Å². The number of benzene rings is 1. The van der Waals surface area contributed by atoms with Crippen molar-refractivity contribution < 1.29 is 13.5 Å². The lowest BCUT2D eigenvalue weighted by atomic mass is 10.1. The highest BCUT2D eigenvalue weighted by Gasteiger charge is 2.06. The molecule has 18 heavy (non-hydrogen) atoms. The van der Waals surface area contributed by atoms with Crippen molar-refractivity contribution in [3.63, 3.8) is 0 Å². The van der Waals surface area contributed by atoms with E-state index in [0.717, 1.165) is 19.1 Å². The van der Waals surface area contributed by atoms with E-state index in [1.54, 1.807) is 6.07 Å². The van der Waals surface area contributed by atoms with E-state index in [0.29, 0.717) is 31.2 Å². The summed E-state index contributed by atoms with van der Waals surface area (Å²) in [6.07, 6.45) is 1.04. The Kier molecular flexibility index (Phi) is 6.83. The van der Waals surface area contributed by atoms with Gasteiger partial charge in [0.1, 0.15) is 0 Å². The number of ether oxygens (including phenoxy) is 1. The summed E-state index contributed by atoms with van der Waals surface area (Å²) >= 11 is 0. The zero-order valence-electron chi connectivity index (χ0n) is 11.0. The molecule has 0 amide bonds. The van der Waals surface area contributed by atoms with Gasteiger partial charge in [0, 0.05) is 25.3 Å². The molecular weight excluding hydrogens is 236 g/mol. The molecule has 0 saturated carbocycles. The molecule has 0 heterocycles. The molecule has 0 aliphatic heterocycles. The summed E-state index contributed by atoms with van der Waals surface area (Å²) in [7, 11) is 0. The van der Waals surface area contributed by atoms with Crippen LogP contribution in [-0.4, -0.2) is 19.8 Å².